The van der Waals surface area contributed by atoms with Crippen molar-refractivity contribution in [2.45, 2.75) is 18.6 Å². The molecule has 0 radical (unpaired) electrons. The largest absolute Gasteiger partial charge is 0.282 e. The quantitative estimate of drug-likeness (QED) is 0.876. The number of nitrogens with one attached hydrogen (secondary N) is 1. The molecule has 0 saturated heterocycles. The zero-order chi connectivity index (χ0) is 12.9. The summed E-state index contributed by atoms with van der Waals surface area (Å²) < 4.78 is 25.7. The first-order valence-electron chi connectivity index (χ1n) is 4.95. The number of hydrogen-bond donors (Lipinski definition) is 1. The Morgan fingerprint density at radius 1 is 1.29 bits per heavy atom. The van der Waals surface area contributed by atoms with E-state index in [4.69, 9.17) is 10.5 Å². The van der Waals surface area contributed by atoms with Gasteiger partial charge in [-0.3, -0.25) is 4.72 Å². The minimum Gasteiger partial charge on any atom is -0.282 e. The van der Waals surface area contributed by atoms with Gasteiger partial charge in [0.2, 0.25) is 10.0 Å². The predicted molar refractivity (Wildman–Crippen MR) is 63.4 cm³/mol. The molecule has 1 aromatic rings. The number of nitriles is 2. The zero-order valence-corrected chi connectivity index (χ0v) is 10.0. The molecule has 0 saturated carbocycles. The van der Waals surface area contributed by atoms with Gasteiger partial charge in [-0.05, 0) is 30.7 Å². The fraction of sp³-hybridized carbons (Fsp3) is 0.273. The number of rotatable bonds is 4. The summed E-state index contributed by atoms with van der Waals surface area (Å²) in [4.78, 5) is 0. The molecule has 0 aliphatic rings. The standard InChI is InChI=1S/C11H11N3O2S/c1-2-11(8-13)17(15,16)14-10-5-3-9(7-12)4-6-10/h3-6,11,14H,2H2,1H3. The van der Waals surface area contributed by atoms with Crippen LogP contribution in [-0.2, 0) is 10.0 Å². The second kappa shape index (κ2) is 5.33. The molecule has 0 aromatic heterocycles. The molecule has 0 spiro atoms. The highest BCUT2D eigenvalue weighted by molar-refractivity contribution is 7.93. The zero-order valence-electron chi connectivity index (χ0n) is 9.21. The van der Waals surface area contributed by atoms with Gasteiger partial charge in [-0.25, -0.2) is 8.42 Å². The van der Waals surface area contributed by atoms with Crippen LogP contribution in [0.2, 0.25) is 0 Å². The maximum absolute atomic E-state index is 11.7. The van der Waals surface area contributed by atoms with Crippen molar-refractivity contribution in [3.05, 3.63) is 29.8 Å². The summed E-state index contributed by atoms with van der Waals surface area (Å²) in [5.74, 6) is 0. The number of nitrogens with zero attached hydrogens (tertiary/aromatic N) is 2. The highest BCUT2D eigenvalue weighted by atomic mass is 32.2. The van der Waals surface area contributed by atoms with Gasteiger partial charge in [-0.15, -0.1) is 0 Å². The lowest BCUT2D eigenvalue weighted by Crippen LogP contribution is -2.25. The first-order valence-corrected chi connectivity index (χ1v) is 6.49. The van der Waals surface area contributed by atoms with Crippen molar-refractivity contribution < 1.29 is 8.42 Å². The van der Waals surface area contributed by atoms with Crippen LogP contribution < -0.4 is 4.72 Å². The Hall–Kier alpha value is -2.05. The summed E-state index contributed by atoms with van der Waals surface area (Å²) in [6.45, 7) is 1.63. The highest BCUT2D eigenvalue weighted by Crippen LogP contribution is 2.14. The van der Waals surface area contributed by atoms with Gasteiger partial charge in [0, 0.05) is 5.69 Å². The molecule has 0 amide bonds. The monoisotopic (exact) mass is 249 g/mol. The van der Waals surface area contributed by atoms with Gasteiger partial charge >= 0.3 is 0 Å². The van der Waals surface area contributed by atoms with Crippen LogP contribution in [0, 0.1) is 22.7 Å². The Morgan fingerprint density at radius 2 is 1.88 bits per heavy atom. The highest BCUT2D eigenvalue weighted by Gasteiger charge is 2.23. The van der Waals surface area contributed by atoms with Gasteiger partial charge in [-0.2, -0.15) is 10.5 Å². The molecule has 5 nitrogen and oxygen atoms in total. The summed E-state index contributed by atoms with van der Waals surface area (Å²) in [6.07, 6.45) is 0.224. The summed E-state index contributed by atoms with van der Waals surface area (Å²) >= 11 is 0. The van der Waals surface area contributed by atoms with E-state index in [1.807, 2.05) is 6.07 Å². The van der Waals surface area contributed by atoms with E-state index < -0.39 is 15.3 Å². The van der Waals surface area contributed by atoms with E-state index >= 15 is 0 Å². The van der Waals surface area contributed by atoms with Gasteiger partial charge in [0.15, 0.2) is 5.25 Å². The third-order valence-electron chi connectivity index (χ3n) is 2.16. The molecule has 0 fully saturated rings. The SMILES string of the molecule is CCC(C#N)S(=O)(=O)Nc1ccc(C#N)cc1. The van der Waals surface area contributed by atoms with E-state index in [1.165, 1.54) is 24.3 Å². The molecular weight excluding hydrogens is 238 g/mol. The third-order valence-corrected chi connectivity index (χ3v) is 3.87. The number of benzene rings is 1. The van der Waals surface area contributed by atoms with E-state index in [0.29, 0.717) is 11.3 Å². The number of hydrogen-bond acceptors (Lipinski definition) is 4. The van der Waals surface area contributed by atoms with Crippen molar-refractivity contribution in [3.63, 3.8) is 0 Å². The number of anilines is 1. The molecule has 1 atom stereocenters. The summed E-state index contributed by atoms with van der Waals surface area (Å²) in [5, 5.41) is 16.2. The smallest absolute Gasteiger partial charge is 0.249 e. The summed E-state index contributed by atoms with van der Waals surface area (Å²) in [5.41, 5.74) is 0.790. The van der Waals surface area contributed by atoms with Crippen molar-refractivity contribution in [1.29, 1.82) is 10.5 Å². The van der Waals surface area contributed by atoms with Crippen molar-refractivity contribution in [2.24, 2.45) is 0 Å². The lowest BCUT2D eigenvalue weighted by Gasteiger charge is -2.10. The average Bonchev–Trinajstić information content (AvgIpc) is 2.30. The fourth-order valence-electron chi connectivity index (χ4n) is 1.23. The fourth-order valence-corrected chi connectivity index (χ4v) is 2.41. The second-order valence-electron chi connectivity index (χ2n) is 3.36. The van der Waals surface area contributed by atoms with Crippen LogP contribution in [0.4, 0.5) is 5.69 Å². The van der Waals surface area contributed by atoms with E-state index in [2.05, 4.69) is 4.72 Å². The third kappa shape index (κ3) is 3.20. The average molecular weight is 249 g/mol. The summed E-state index contributed by atoms with van der Waals surface area (Å²) in [7, 11) is -3.69. The van der Waals surface area contributed by atoms with Gasteiger partial charge in [0.1, 0.15) is 0 Å². The van der Waals surface area contributed by atoms with Gasteiger partial charge in [-0.1, -0.05) is 6.92 Å². The molecule has 17 heavy (non-hydrogen) atoms. The van der Waals surface area contributed by atoms with Gasteiger partial charge in [0.05, 0.1) is 17.7 Å². The lowest BCUT2D eigenvalue weighted by molar-refractivity contribution is 0.593. The lowest BCUT2D eigenvalue weighted by atomic mass is 10.2. The maximum Gasteiger partial charge on any atom is 0.249 e. The molecule has 1 aromatic carbocycles. The van der Waals surface area contributed by atoms with Crippen molar-refractivity contribution in [1.82, 2.24) is 0 Å². The maximum atomic E-state index is 11.7. The summed E-state index contributed by atoms with van der Waals surface area (Å²) in [6, 6.07) is 9.65. The second-order valence-corrected chi connectivity index (χ2v) is 5.23. The minimum absolute atomic E-state index is 0.224. The molecule has 0 aliphatic carbocycles. The Kier molecular flexibility index (Phi) is 4.08. The van der Waals surface area contributed by atoms with Crippen LogP contribution in [0.3, 0.4) is 0 Å². The van der Waals surface area contributed by atoms with Crippen molar-refractivity contribution in [2.75, 3.05) is 4.72 Å². The Bertz CT molecular complexity index is 564. The van der Waals surface area contributed by atoms with Crippen LogP contribution in [0.5, 0.6) is 0 Å². The molecule has 6 heteroatoms. The first-order chi connectivity index (χ1) is 8.03. The van der Waals surface area contributed by atoms with Crippen molar-refractivity contribution >= 4 is 15.7 Å². The molecule has 0 heterocycles. The van der Waals surface area contributed by atoms with E-state index in [1.54, 1.807) is 13.0 Å². The van der Waals surface area contributed by atoms with E-state index in [9.17, 15) is 8.42 Å². The van der Waals surface area contributed by atoms with E-state index in [0.717, 1.165) is 0 Å². The van der Waals surface area contributed by atoms with Crippen molar-refractivity contribution in [3.8, 4) is 12.1 Å². The molecule has 1 unspecified atom stereocenters. The van der Waals surface area contributed by atoms with Crippen LogP contribution in [0.25, 0.3) is 0 Å². The van der Waals surface area contributed by atoms with Crippen LogP contribution in [0.15, 0.2) is 24.3 Å². The Balaban J connectivity index is 2.92. The molecule has 0 bridgehead atoms. The molecule has 1 rings (SSSR count). The van der Waals surface area contributed by atoms with Crippen LogP contribution in [0.1, 0.15) is 18.9 Å². The minimum atomic E-state index is -3.69. The predicted octanol–water partition coefficient (Wildman–Crippen LogP) is 1.60. The molecular formula is C11H11N3O2S. The Morgan fingerprint density at radius 3 is 2.29 bits per heavy atom. The normalized spacial score (nSPS) is 12.2. The van der Waals surface area contributed by atoms with Gasteiger partial charge in [0.25, 0.3) is 0 Å². The molecule has 1 N–H and O–H groups in total. The van der Waals surface area contributed by atoms with E-state index in [-0.39, 0.29) is 6.42 Å². The number of sulfonamides is 1. The first kappa shape index (κ1) is 13.0. The topological polar surface area (TPSA) is 93.8 Å². The molecule has 88 valence electrons. The van der Waals surface area contributed by atoms with Crippen LogP contribution in [-0.4, -0.2) is 13.7 Å². The van der Waals surface area contributed by atoms with Gasteiger partial charge < -0.3 is 0 Å². The molecule has 0 aliphatic heterocycles. The van der Waals surface area contributed by atoms with Crippen LogP contribution >= 0.6 is 0 Å². The Labute approximate surface area is 100 Å².